The van der Waals surface area contributed by atoms with E-state index in [9.17, 15) is 9.59 Å². The van der Waals surface area contributed by atoms with Gasteiger partial charge in [0.05, 0.1) is 13.7 Å². The molecular formula is C31H38N2O4. The second kappa shape index (κ2) is 14.7. The molecule has 0 saturated carbocycles. The Balaban J connectivity index is 1.75. The van der Waals surface area contributed by atoms with Gasteiger partial charge in [-0.3, -0.25) is 9.59 Å². The highest BCUT2D eigenvalue weighted by Crippen LogP contribution is 2.19. The highest BCUT2D eigenvalue weighted by Gasteiger charge is 2.30. The lowest BCUT2D eigenvalue weighted by atomic mass is 10.0. The molecule has 2 atom stereocenters. The Kier molecular flexibility index (Phi) is 11.0. The second-order valence-electron chi connectivity index (χ2n) is 9.16. The zero-order chi connectivity index (χ0) is 26.5. The Morgan fingerprint density at radius 3 is 2.05 bits per heavy atom. The minimum absolute atomic E-state index is 0.0253. The number of benzene rings is 3. The van der Waals surface area contributed by atoms with Gasteiger partial charge >= 0.3 is 0 Å². The van der Waals surface area contributed by atoms with Crippen molar-refractivity contribution >= 4 is 11.8 Å². The first-order valence-corrected chi connectivity index (χ1v) is 12.9. The molecule has 0 aromatic heterocycles. The standard InChI is InChI=1S/C31H38N2O4/c1-4-24(2)32-31(35)29(22-25-12-7-5-8-13-25)33(23-26-14-9-6-10-15-26)30(34)16-11-21-37-28-19-17-27(36-3)18-20-28/h5-10,12-15,17-20,24,29H,4,11,16,21-23H2,1-3H3,(H,32,35). The summed E-state index contributed by atoms with van der Waals surface area (Å²) >= 11 is 0. The van der Waals surface area contributed by atoms with E-state index in [4.69, 9.17) is 9.47 Å². The molecule has 0 spiro atoms. The van der Waals surface area contributed by atoms with E-state index in [2.05, 4.69) is 5.32 Å². The summed E-state index contributed by atoms with van der Waals surface area (Å²) in [4.78, 5) is 28.8. The Morgan fingerprint density at radius 2 is 1.46 bits per heavy atom. The van der Waals surface area contributed by atoms with E-state index in [1.165, 1.54) is 0 Å². The lowest BCUT2D eigenvalue weighted by molar-refractivity contribution is -0.141. The number of hydrogen-bond acceptors (Lipinski definition) is 4. The van der Waals surface area contributed by atoms with Gasteiger partial charge in [-0.25, -0.2) is 0 Å². The van der Waals surface area contributed by atoms with Crippen molar-refractivity contribution in [3.05, 3.63) is 96.1 Å². The Morgan fingerprint density at radius 1 is 0.865 bits per heavy atom. The molecular weight excluding hydrogens is 464 g/mol. The van der Waals surface area contributed by atoms with Crippen LogP contribution in [0.1, 0.15) is 44.2 Å². The molecule has 0 aliphatic heterocycles. The molecule has 6 nitrogen and oxygen atoms in total. The van der Waals surface area contributed by atoms with Crippen molar-refractivity contribution in [2.75, 3.05) is 13.7 Å². The first-order valence-electron chi connectivity index (χ1n) is 12.9. The van der Waals surface area contributed by atoms with Gasteiger partial charge in [0.1, 0.15) is 17.5 Å². The molecule has 0 saturated heterocycles. The average Bonchev–Trinajstić information content (AvgIpc) is 2.94. The van der Waals surface area contributed by atoms with Gasteiger partial charge < -0.3 is 19.7 Å². The fourth-order valence-corrected chi connectivity index (χ4v) is 4.00. The molecule has 0 fully saturated rings. The monoisotopic (exact) mass is 502 g/mol. The maximum absolute atomic E-state index is 13.6. The normalized spacial score (nSPS) is 12.3. The number of carbonyl (C=O) groups excluding carboxylic acids is 2. The molecule has 0 bridgehead atoms. The van der Waals surface area contributed by atoms with Gasteiger partial charge in [0.25, 0.3) is 0 Å². The van der Waals surface area contributed by atoms with Crippen molar-refractivity contribution < 1.29 is 19.1 Å². The molecule has 2 unspecified atom stereocenters. The van der Waals surface area contributed by atoms with Crippen molar-refractivity contribution in [2.45, 2.75) is 58.2 Å². The van der Waals surface area contributed by atoms with Crippen LogP contribution in [0.4, 0.5) is 0 Å². The van der Waals surface area contributed by atoms with Crippen molar-refractivity contribution in [2.24, 2.45) is 0 Å². The van der Waals surface area contributed by atoms with Gasteiger partial charge in [-0.05, 0) is 55.2 Å². The number of nitrogens with zero attached hydrogens (tertiary/aromatic N) is 1. The van der Waals surface area contributed by atoms with Crippen LogP contribution in [0, 0.1) is 0 Å². The lowest BCUT2D eigenvalue weighted by Crippen LogP contribution is -2.52. The van der Waals surface area contributed by atoms with Crippen LogP contribution in [0.15, 0.2) is 84.9 Å². The van der Waals surface area contributed by atoms with E-state index in [1.807, 2.05) is 98.8 Å². The highest BCUT2D eigenvalue weighted by molar-refractivity contribution is 5.88. The van der Waals surface area contributed by atoms with Gasteiger partial charge in [-0.2, -0.15) is 0 Å². The molecule has 1 N–H and O–H groups in total. The number of methoxy groups -OCH3 is 1. The summed E-state index contributed by atoms with van der Waals surface area (Å²) in [6, 6.07) is 26.5. The van der Waals surface area contributed by atoms with Crippen LogP contribution in [-0.4, -0.2) is 42.5 Å². The van der Waals surface area contributed by atoms with Crippen molar-refractivity contribution in [1.82, 2.24) is 10.2 Å². The van der Waals surface area contributed by atoms with E-state index >= 15 is 0 Å². The molecule has 0 aliphatic rings. The quantitative estimate of drug-likeness (QED) is 0.299. The first-order chi connectivity index (χ1) is 18.0. The number of rotatable bonds is 14. The molecule has 0 radical (unpaired) electrons. The summed E-state index contributed by atoms with van der Waals surface area (Å²) in [7, 11) is 1.62. The maximum atomic E-state index is 13.6. The fourth-order valence-electron chi connectivity index (χ4n) is 4.00. The van der Waals surface area contributed by atoms with Gasteiger partial charge in [0, 0.05) is 25.4 Å². The third-order valence-electron chi connectivity index (χ3n) is 6.33. The van der Waals surface area contributed by atoms with Crippen LogP contribution in [0.5, 0.6) is 11.5 Å². The summed E-state index contributed by atoms with van der Waals surface area (Å²) in [6.45, 7) is 4.79. The lowest BCUT2D eigenvalue weighted by Gasteiger charge is -2.32. The van der Waals surface area contributed by atoms with Gasteiger partial charge in [0.2, 0.25) is 11.8 Å². The number of nitrogens with one attached hydrogen (secondary N) is 1. The summed E-state index contributed by atoms with van der Waals surface area (Å²) in [5.41, 5.74) is 2.00. The highest BCUT2D eigenvalue weighted by atomic mass is 16.5. The van der Waals surface area contributed by atoms with Crippen LogP contribution in [-0.2, 0) is 22.6 Å². The van der Waals surface area contributed by atoms with Crippen molar-refractivity contribution in [3.63, 3.8) is 0 Å². The zero-order valence-electron chi connectivity index (χ0n) is 22.1. The molecule has 6 heteroatoms. The Bertz CT molecular complexity index is 1090. The zero-order valence-corrected chi connectivity index (χ0v) is 22.1. The second-order valence-corrected chi connectivity index (χ2v) is 9.16. The van der Waals surface area contributed by atoms with E-state index in [0.29, 0.717) is 26.0 Å². The summed E-state index contributed by atoms with van der Waals surface area (Å²) < 4.78 is 11.0. The predicted molar refractivity (Wildman–Crippen MR) is 147 cm³/mol. The Labute approximate surface area is 220 Å². The largest absolute Gasteiger partial charge is 0.497 e. The van der Waals surface area contributed by atoms with Crippen LogP contribution in [0.25, 0.3) is 0 Å². The molecule has 3 aromatic carbocycles. The maximum Gasteiger partial charge on any atom is 0.243 e. The molecule has 37 heavy (non-hydrogen) atoms. The number of amides is 2. The number of carbonyl (C=O) groups is 2. The van der Waals surface area contributed by atoms with Crippen LogP contribution in [0.3, 0.4) is 0 Å². The molecule has 3 rings (SSSR count). The van der Waals surface area contributed by atoms with Crippen LogP contribution < -0.4 is 14.8 Å². The summed E-state index contributed by atoms with van der Waals surface area (Å²) in [6.07, 6.45) is 2.09. The van der Waals surface area contributed by atoms with Gasteiger partial charge in [-0.1, -0.05) is 67.6 Å². The predicted octanol–water partition coefficient (Wildman–Crippen LogP) is 5.41. The Hall–Kier alpha value is -3.80. The SMILES string of the molecule is CCC(C)NC(=O)C(Cc1ccccc1)N(Cc1ccccc1)C(=O)CCCOc1ccc(OC)cc1. The van der Waals surface area contributed by atoms with Crippen LogP contribution >= 0.6 is 0 Å². The van der Waals surface area contributed by atoms with Gasteiger partial charge in [-0.15, -0.1) is 0 Å². The smallest absolute Gasteiger partial charge is 0.243 e. The molecule has 0 heterocycles. The van der Waals surface area contributed by atoms with E-state index in [0.717, 1.165) is 29.0 Å². The number of hydrogen-bond donors (Lipinski definition) is 1. The third-order valence-corrected chi connectivity index (χ3v) is 6.33. The fraction of sp³-hybridized carbons (Fsp3) is 0.355. The average molecular weight is 503 g/mol. The topological polar surface area (TPSA) is 67.9 Å². The van der Waals surface area contributed by atoms with E-state index in [-0.39, 0.29) is 24.3 Å². The molecule has 196 valence electrons. The summed E-state index contributed by atoms with van der Waals surface area (Å²) in [5.74, 6) is 1.29. The van der Waals surface area contributed by atoms with Crippen LogP contribution in [0.2, 0.25) is 0 Å². The van der Waals surface area contributed by atoms with E-state index < -0.39 is 6.04 Å². The van der Waals surface area contributed by atoms with Crippen molar-refractivity contribution in [3.8, 4) is 11.5 Å². The minimum Gasteiger partial charge on any atom is -0.497 e. The summed E-state index contributed by atoms with van der Waals surface area (Å²) in [5, 5.41) is 3.10. The van der Waals surface area contributed by atoms with E-state index in [1.54, 1.807) is 12.0 Å². The molecule has 3 aromatic rings. The third kappa shape index (κ3) is 8.98. The van der Waals surface area contributed by atoms with Crippen molar-refractivity contribution in [1.29, 1.82) is 0 Å². The van der Waals surface area contributed by atoms with Gasteiger partial charge in [0.15, 0.2) is 0 Å². The number of ether oxygens (including phenoxy) is 2. The molecule has 2 amide bonds. The first kappa shape index (κ1) is 27.8. The minimum atomic E-state index is -0.619. The molecule has 0 aliphatic carbocycles.